The fourth-order valence-corrected chi connectivity index (χ4v) is 2.81. The number of nitrogens with two attached hydrogens (primary N) is 1. The summed E-state index contributed by atoms with van der Waals surface area (Å²) < 4.78 is 0. The normalized spacial score (nSPS) is 19.4. The maximum absolute atomic E-state index is 11.0. The van der Waals surface area contributed by atoms with E-state index < -0.39 is 0 Å². The van der Waals surface area contributed by atoms with Crippen molar-refractivity contribution >= 4 is 29.7 Å². The molecule has 0 spiro atoms. The molecule has 0 aromatic heterocycles. The predicted molar refractivity (Wildman–Crippen MR) is 82.5 cm³/mol. The summed E-state index contributed by atoms with van der Waals surface area (Å²) >= 11 is 5.94. The number of nitro benzene ring substituents is 1. The Hall–Kier alpha value is -0.880. The Morgan fingerprint density at radius 2 is 2.20 bits per heavy atom. The molecule has 1 heterocycles. The average molecular weight is 320 g/mol. The predicted octanol–water partition coefficient (Wildman–Crippen LogP) is 2.98. The number of halogens is 2. The fourth-order valence-electron chi connectivity index (χ4n) is 2.61. The molecule has 1 aromatic rings. The van der Waals surface area contributed by atoms with Crippen LogP contribution in [-0.2, 0) is 6.54 Å². The van der Waals surface area contributed by atoms with Crippen LogP contribution in [0.25, 0.3) is 0 Å². The molecule has 2 N–H and O–H groups in total. The van der Waals surface area contributed by atoms with Crippen LogP contribution in [-0.4, -0.2) is 29.0 Å². The molecule has 1 atom stereocenters. The van der Waals surface area contributed by atoms with E-state index in [0.717, 1.165) is 19.4 Å². The molecule has 0 radical (unpaired) electrons. The molecule has 0 bridgehead atoms. The van der Waals surface area contributed by atoms with E-state index in [9.17, 15) is 10.1 Å². The summed E-state index contributed by atoms with van der Waals surface area (Å²) in [6.07, 6.45) is 3.35. The van der Waals surface area contributed by atoms with Crippen molar-refractivity contribution in [2.45, 2.75) is 31.8 Å². The van der Waals surface area contributed by atoms with Crippen molar-refractivity contribution < 1.29 is 4.92 Å². The first-order chi connectivity index (χ1) is 9.11. The first kappa shape index (κ1) is 17.2. The second-order valence-corrected chi connectivity index (χ2v) is 5.32. The van der Waals surface area contributed by atoms with Crippen molar-refractivity contribution in [2.24, 2.45) is 5.73 Å². The molecule has 7 heteroatoms. The Bertz CT molecular complexity index is 471. The number of hydrogen-bond donors (Lipinski definition) is 1. The lowest BCUT2D eigenvalue weighted by Gasteiger charge is -2.34. The molecule has 20 heavy (non-hydrogen) atoms. The monoisotopic (exact) mass is 319 g/mol. The molecule has 1 aliphatic heterocycles. The third-order valence-corrected chi connectivity index (χ3v) is 3.87. The van der Waals surface area contributed by atoms with E-state index in [4.69, 9.17) is 17.3 Å². The molecule has 1 aromatic carbocycles. The van der Waals surface area contributed by atoms with E-state index in [0.29, 0.717) is 29.7 Å². The van der Waals surface area contributed by atoms with E-state index in [1.807, 2.05) is 0 Å². The zero-order chi connectivity index (χ0) is 13.8. The summed E-state index contributed by atoms with van der Waals surface area (Å²) in [7, 11) is 0. The maximum atomic E-state index is 11.0. The number of benzene rings is 1. The van der Waals surface area contributed by atoms with Gasteiger partial charge in [0.15, 0.2) is 0 Å². The number of nitro groups is 1. The summed E-state index contributed by atoms with van der Waals surface area (Å²) in [5, 5.41) is 11.6. The van der Waals surface area contributed by atoms with Crippen LogP contribution in [0.4, 0.5) is 5.69 Å². The molecule has 0 saturated carbocycles. The van der Waals surface area contributed by atoms with Gasteiger partial charge in [-0.2, -0.15) is 0 Å². The van der Waals surface area contributed by atoms with Gasteiger partial charge in [0.1, 0.15) is 0 Å². The topological polar surface area (TPSA) is 72.4 Å². The first-order valence-electron chi connectivity index (χ1n) is 6.48. The Balaban J connectivity index is 0.00000200. The minimum Gasteiger partial charge on any atom is -0.329 e. The van der Waals surface area contributed by atoms with Crippen molar-refractivity contribution in [1.29, 1.82) is 0 Å². The lowest BCUT2D eigenvalue weighted by molar-refractivity contribution is -0.385. The van der Waals surface area contributed by atoms with Gasteiger partial charge in [-0.1, -0.05) is 18.0 Å². The lowest BCUT2D eigenvalue weighted by Crippen LogP contribution is -2.43. The quantitative estimate of drug-likeness (QED) is 0.684. The molecule has 0 amide bonds. The van der Waals surface area contributed by atoms with Gasteiger partial charge < -0.3 is 5.73 Å². The smallest absolute Gasteiger partial charge is 0.273 e. The van der Waals surface area contributed by atoms with Gasteiger partial charge >= 0.3 is 0 Å². The van der Waals surface area contributed by atoms with Gasteiger partial charge in [0.05, 0.1) is 4.92 Å². The van der Waals surface area contributed by atoms with Gasteiger partial charge in [0.2, 0.25) is 0 Å². The number of rotatable bonds is 4. The molecule has 112 valence electrons. The van der Waals surface area contributed by atoms with Gasteiger partial charge in [0, 0.05) is 35.8 Å². The summed E-state index contributed by atoms with van der Waals surface area (Å²) in [5.74, 6) is 0. The second-order valence-electron chi connectivity index (χ2n) is 4.89. The summed E-state index contributed by atoms with van der Waals surface area (Å²) in [6.45, 7) is 2.07. The summed E-state index contributed by atoms with van der Waals surface area (Å²) in [6, 6.07) is 5.02. The molecule has 1 fully saturated rings. The first-order valence-corrected chi connectivity index (χ1v) is 6.86. The van der Waals surface area contributed by atoms with E-state index in [-0.39, 0.29) is 23.0 Å². The molecular formula is C13H19Cl2N3O2. The highest BCUT2D eigenvalue weighted by molar-refractivity contribution is 6.30. The van der Waals surface area contributed by atoms with Crippen molar-refractivity contribution in [1.82, 2.24) is 4.90 Å². The molecule has 2 rings (SSSR count). The fraction of sp³-hybridized carbons (Fsp3) is 0.538. The third kappa shape index (κ3) is 4.06. The second kappa shape index (κ2) is 7.78. The Labute approximate surface area is 129 Å². The van der Waals surface area contributed by atoms with Crippen LogP contribution in [0.1, 0.15) is 24.8 Å². The standard InChI is InChI=1S/C13H18ClN3O2.ClH/c14-11-4-5-13(17(18)19)10(7-11)9-16-6-2-1-3-12(16)8-15;/h4-5,7,12H,1-3,6,8-9,15H2;1H. The van der Waals surface area contributed by atoms with Crippen LogP contribution < -0.4 is 5.73 Å². The zero-order valence-electron chi connectivity index (χ0n) is 11.1. The van der Waals surface area contributed by atoms with Crippen LogP contribution in [0.5, 0.6) is 0 Å². The van der Waals surface area contributed by atoms with E-state index in [1.165, 1.54) is 12.5 Å². The van der Waals surface area contributed by atoms with Gasteiger partial charge in [-0.25, -0.2) is 0 Å². The number of piperidine rings is 1. The molecular weight excluding hydrogens is 301 g/mol. The molecule has 5 nitrogen and oxygen atoms in total. The average Bonchev–Trinajstić information content (AvgIpc) is 2.39. The van der Waals surface area contributed by atoms with E-state index in [2.05, 4.69) is 4.90 Å². The van der Waals surface area contributed by atoms with Crippen molar-refractivity contribution in [3.05, 3.63) is 38.9 Å². The maximum Gasteiger partial charge on any atom is 0.273 e. The van der Waals surface area contributed by atoms with Crippen molar-refractivity contribution in [2.75, 3.05) is 13.1 Å². The number of likely N-dealkylation sites (tertiary alicyclic amines) is 1. The van der Waals surface area contributed by atoms with Crippen LogP contribution >= 0.6 is 24.0 Å². The highest BCUT2D eigenvalue weighted by Gasteiger charge is 2.24. The highest BCUT2D eigenvalue weighted by atomic mass is 35.5. The highest BCUT2D eigenvalue weighted by Crippen LogP contribution is 2.26. The molecule has 1 saturated heterocycles. The van der Waals surface area contributed by atoms with Gasteiger partial charge in [-0.3, -0.25) is 15.0 Å². The minimum atomic E-state index is -0.354. The zero-order valence-corrected chi connectivity index (χ0v) is 12.7. The summed E-state index contributed by atoms with van der Waals surface area (Å²) in [5.41, 5.74) is 6.57. The Morgan fingerprint density at radius 1 is 1.45 bits per heavy atom. The molecule has 1 unspecified atom stereocenters. The van der Waals surface area contributed by atoms with Crippen LogP contribution in [0, 0.1) is 10.1 Å². The van der Waals surface area contributed by atoms with E-state index >= 15 is 0 Å². The van der Waals surface area contributed by atoms with Crippen molar-refractivity contribution in [3.8, 4) is 0 Å². The molecule has 0 aliphatic carbocycles. The van der Waals surface area contributed by atoms with Crippen LogP contribution in [0.2, 0.25) is 5.02 Å². The SMILES string of the molecule is Cl.NCC1CCCCN1Cc1cc(Cl)ccc1[N+](=O)[O-]. The van der Waals surface area contributed by atoms with Gasteiger partial charge in [-0.15, -0.1) is 12.4 Å². The Kier molecular flexibility index (Phi) is 6.68. The van der Waals surface area contributed by atoms with Crippen LogP contribution in [0.15, 0.2) is 18.2 Å². The third-order valence-electron chi connectivity index (χ3n) is 3.63. The minimum absolute atomic E-state index is 0. The molecule has 1 aliphatic rings. The van der Waals surface area contributed by atoms with E-state index in [1.54, 1.807) is 12.1 Å². The lowest BCUT2D eigenvalue weighted by atomic mass is 10.0. The van der Waals surface area contributed by atoms with Gasteiger partial charge in [0.25, 0.3) is 5.69 Å². The van der Waals surface area contributed by atoms with Gasteiger partial charge in [-0.05, 0) is 31.5 Å². The Morgan fingerprint density at radius 3 is 2.85 bits per heavy atom. The number of hydrogen-bond acceptors (Lipinski definition) is 4. The summed E-state index contributed by atoms with van der Waals surface area (Å²) in [4.78, 5) is 12.9. The van der Waals surface area contributed by atoms with Crippen molar-refractivity contribution in [3.63, 3.8) is 0 Å². The largest absolute Gasteiger partial charge is 0.329 e. The van der Waals surface area contributed by atoms with Crippen LogP contribution in [0.3, 0.4) is 0 Å². The number of nitrogens with zero attached hydrogens (tertiary/aromatic N) is 2.